The minimum absolute atomic E-state index is 0.0895. The Morgan fingerprint density at radius 3 is 2.43 bits per heavy atom. The molecule has 116 valence electrons. The van der Waals surface area contributed by atoms with E-state index < -0.39 is 11.4 Å². The smallest absolute Gasteiger partial charge is 0.168 e. The van der Waals surface area contributed by atoms with Crippen LogP contribution in [-0.4, -0.2) is 35.2 Å². The fourth-order valence-electron chi connectivity index (χ4n) is 3.13. The molecule has 2 aliphatic rings. The molecule has 1 saturated carbocycles. The Bertz CT molecular complexity index is 487. The van der Waals surface area contributed by atoms with Crippen LogP contribution in [0.15, 0.2) is 18.5 Å². The molecule has 0 unspecified atom stereocenters. The third kappa shape index (κ3) is 3.05. The van der Waals surface area contributed by atoms with E-state index in [-0.39, 0.29) is 6.10 Å². The maximum Gasteiger partial charge on any atom is 0.168 e. The first kappa shape index (κ1) is 14.8. The van der Waals surface area contributed by atoms with Gasteiger partial charge in [0.05, 0.1) is 31.1 Å². The van der Waals surface area contributed by atoms with Crippen LogP contribution in [0.1, 0.15) is 45.1 Å². The lowest BCUT2D eigenvalue weighted by molar-refractivity contribution is -0.204. The standard InChI is InChI=1S/C16H23NO4/c1-12(2)21-14-9-13(10-17-11-14)15(18)3-5-16(6-4-15)19-7-8-20-16/h9-12,18H,3-8H2,1-2H3. The van der Waals surface area contributed by atoms with E-state index >= 15 is 0 Å². The van der Waals surface area contributed by atoms with Crippen LogP contribution in [-0.2, 0) is 15.1 Å². The number of ether oxygens (including phenoxy) is 3. The molecule has 5 nitrogen and oxygen atoms in total. The highest BCUT2D eigenvalue weighted by Crippen LogP contribution is 2.45. The SMILES string of the molecule is CC(C)Oc1cncc(C2(O)CCC3(CC2)OCCO3)c1. The Balaban J connectivity index is 1.74. The molecule has 0 aromatic carbocycles. The first-order chi connectivity index (χ1) is 10.0. The summed E-state index contributed by atoms with van der Waals surface area (Å²) in [6.07, 6.45) is 6.13. The molecule has 1 aliphatic carbocycles. The first-order valence-electron chi connectivity index (χ1n) is 7.64. The van der Waals surface area contributed by atoms with Crippen molar-refractivity contribution in [2.45, 2.75) is 57.0 Å². The van der Waals surface area contributed by atoms with Crippen LogP contribution >= 0.6 is 0 Å². The third-order valence-corrected chi connectivity index (χ3v) is 4.27. The molecule has 0 radical (unpaired) electrons. The van der Waals surface area contributed by atoms with Crippen molar-refractivity contribution in [3.05, 3.63) is 24.0 Å². The van der Waals surface area contributed by atoms with Gasteiger partial charge < -0.3 is 19.3 Å². The van der Waals surface area contributed by atoms with Gasteiger partial charge in [0.1, 0.15) is 5.75 Å². The number of pyridine rings is 1. The van der Waals surface area contributed by atoms with E-state index in [4.69, 9.17) is 14.2 Å². The third-order valence-electron chi connectivity index (χ3n) is 4.27. The van der Waals surface area contributed by atoms with Crippen molar-refractivity contribution in [1.29, 1.82) is 0 Å². The van der Waals surface area contributed by atoms with E-state index in [0.717, 1.165) is 5.56 Å². The highest BCUT2D eigenvalue weighted by atomic mass is 16.7. The average molecular weight is 293 g/mol. The predicted molar refractivity (Wildman–Crippen MR) is 77.0 cm³/mol. The number of aromatic nitrogens is 1. The molecule has 1 saturated heterocycles. The molecule has 3 rings (SSSR count). The second-order valence-corrected chi connectivity index (χ2v) is 6.22. The molecule has 1 aromatic heterocycles. The van der Waals surface area contributed by atoms with Crippen LogP contribution in [0, 0.1) is 0 Å². The molecule has 0 bridgehead atoms. The van der Waals surface area contributed by atoms with Crippen LogP contribution in [0.4, 0.5) is 0 Å². The molecule has 1 spiro atoms. The van der Waals surface area contributed by atoms with Crippen LogP contribution in [0.2, 0.25) is 0 Å². The van der Waals surface area contributed by atoms with Crippen molar-refractivity contribution >= 4 is 0 Å². The van der Waals surface area contributed by atoms with Gasteiger partial charge in [0.15, 0.2) is 5.79 Å². The van der Waals surface area contributed by atoms with Crippen LogP contribution < -0.4 is 4.74 Å². The lowest BCUT2D eigenvalue weighted by atomic mass is 9.77. The molecular formula is C16H23NO4. The van der Waals surface area contributed by atoms with E-state index in [1.807, 2.05) is 19.9 Å². The van der Waals surface area contributed by atoms with Gasteiger partial charge in [-0.3, -0.25) is 4.98 Å². The first-order valence-corrected chi connectivity index (χ1v) is 7.64. The topological polar surface area (TPSA) is 60.8 Å². The summed E-state index contributed by atoms with van der Waals surface area (Å²) in [5.41, 5.74) is -0.0577. The zero-order chi connectivity index (χ0) is 14.9. The number of rotatable bonds is 3. The molecule has 2 heterocycles. The van der Waals surface area contributed by atoms with Crippen molar-refractivity contribution in [2.24, 2.45) is 0 Å². The summed E-state index contributed by atoms with van der Waals surface area (Å²) < 4.78 is 17.1. The van der Waals surface area contributed by atoms with Crippen molar-refractivity contribution in [3.63, 3.8) is 0 Å². The van der Waals surface area contributed by atoms with Gasteiger partial charge in [-0.1, -0.05) is 0 Å². The largest absolute Gasteiger partial charge is 0.489 e. The van der Waals surface area contributed by atoms with Crippen LogP contribution in [0.5, 0.6) is 5.75 Å². The van der Waals surface area contributed by atoms with E-state index in [0.29, 0.717) is 44.6 Å². The van der Waals surface area contributed by atoms with E-state index in [2.05, 4.69) is 4.98 Å². The molecular weight excluding hydrogens is 270 g/mol. The molecule has 2 fully saturated rings. The van der Waals surface area contributed by atoms with E-state index in [1.165, 1.54) is 0 Å². The maximum atomic E-state index is 10.9. The monoisotopic (exact) mass is 293 g/mol. The molecule has 0 amide bonds. The maximum absolute atomic E-state index is 10.9. The Hall–Kier alpha value is -1.17. The highest BCUT2D eigenvalue weighted by molar-refractivity contribution is 5.29. The minimum Gasteiger partial charge on any atom is -0.489 e. The number of aliphatic hydroxyl groups is 1. The van der Waals surface area contributed by atoms with Gasteiger partial charge in [-0.25, -0.2) is 0 Å². The van der Waals surface area contributed by atoms with Crippen LogP contribution in [0.25, 0.3) is 0 Å². The lowest BCUT2D eigenvalue weighted by Gasteiger charge is -2.40. The Labute approximate surface area is 125 Å². The summed E-state index contributed by atoms with van der Waals surface area (Å²) in [6.45, 7) is 5.25. The zero-order valence-electron chi connectivity index (χ0n) is 12.7. The Morgan fingerprint density at radius 2 is 1.81 bits per heavy atom. The molecule has 1 aliphatic heterocycles. The van der Waals surface area contributed by atoms with Gasteiger partial charge in [0, 0.05) is 24.6 Å². The second kappa shape index (κ2) is 5.55. The van der Waals surface area contributed by atoms with E-state index in [1.54, 1.807) is 12.4 Å². The summed E-state index contributed by atoms with van der Waals surface area (Å²) in [7, 11) is 0. The van der Waals surface area contributed by atoms with Gasteiger partial charge >= 0.3 is 0 Å². The van der Waals surface area contributed by atoms with Gasteiger partial charge in [-0.15, -0.1) is 0 Å². The quantitative estimate of drug-likeness (QED) is 0.927. The Kier molecular flexibility index (Phi) is 3.90. The van der Waals surface area contributed by atoms with Crippen molar-refractivity contribution in [3.8, 4) is 5.75 Å². The lowest BCUT2D eigenvalue weighted by Crippen LogP contribution is -2.42. The van der Waals surface area contributed by atoms with Crippen molar-refractivity contribution in [2.75, 3.05) is 13.2 Å². The van der Waals surface area contributed by atoms with E-state index in [9.17, 15) is 5.11 Å². The fraction of sp³-hybridized carbons (Fsp3) is 0.688. The predicted octanol–water partition coefficient (Wildman–Crippen LogP) is 2.37. The normalized spacial score (nSPS) is 23.6. The van der Waals surface area contributed by atoms with Gasteiger partial charge in [-0.2, -0.15) is 0 Å². The molecule has 1 N–H and O–H groups in total. The van der Waals surface area contributed by atoms with Crippen molar-refractivity contribution < 1.29 is 19.3 Å². The van der Waals surface area contributed by atoms with Gasteiger partial charge in [0.25, 0.3) is 0 Å². The summed E-state index contributed by atoms with van der Waals surface area (Å²) in [5, 5.41) is 10.9. The number of hydrogen-bond acceptors (Lipinski definition) is 5. The highest BCUT2D eigenvalue weighted by Gasteiger charge is 2.46. The molecule has 5 heteroatoms. The van der Waals surface area contributed by atoms with Crippen molar-refractivity contribution in [1.82, 2.24) is 4.98 Å². The Morgan fingerprint density at radius 1 is 1.14 bits per heavy atom. The molecule has 1 aromatic rings. The van der Waals surface area contributed by atoms with Gasteiger partial charge in [0.2, 0.25) is 0 Å². The summed E-state index contributed by atoms with van der Waals surface area (Å²) in [5.74, 6) is 0.232. The average Bonchev–Trinajstić information content (AvgIpc) is 2.91. The van der Waals surface area contributed by atoms with Gasteiger partial charge in [-0.05, 0) is 32.8 Å². The fourth-order valence-corrected chi connectivity index (χ4v) is 3.13. The number of nitrogens with zero attached hydrogens (tertiary/aromatic N) is 1. The summed E-state index contributed by atoms with van der Waals surface area (Å²) in [6, 6.07) is 1.89. The molecule has 0 atom stereocenters. The zero-order valence-corrected chi connectivity index (χ0v) is 12.7. The summed E-state index contributed by atoms with van der Waals surface area (Å²) in [4.78, 5) is 4.20. The van der Waals surface area contributed by atoms with Crippen LogP contribution in [0.3, 0.4) is 0 Å². The molecule has 21 heavy (non-hydrogen) atoms. The summed E-state index contributed by atoms with van der Waals surface area (Å²) >= 11 is 0. The minimum atomic E-state index is -0.871. The number of hydrogen-bond donors (Lipinski definition) is 1. The second-order valence-electron chi connectivity index (χ2n) is 6.22.